The van der Waals surface area contributed by atoms with E-state index in [0.29, 0.717) is 23.2 Å². The van der Waals surface area contributed by atoms with Crippen LogP contribution in [0.4, 0.5) is 23.2 Å². The van der Waals surface area contributed by atoms with Crippen LogP contribution in [-0.2, 0) is 9.73 Å². The molecule has 3 heterocycles. The van der Waals surface area contributed by atoms with Crippen molar-refractivity contribution in [2.24, 2.45) is 4.36 Å². The molecule has 208 valence electrons. The number of hydrogen-bond acceptors (Lipinski definition) is 5. The Hall–Kier alpha value is -3.57. The van der Waals surface area contributed by atoms with Gasteiger partial charge in [-0.05, 0) is 55.5 Å². The fraction of sp³-hybridized carbons (Fsp3) is 0.250. The first-order valence-corrected chi connectivity index (χ1v) is 14.8. The van der Waals surface area contributed by atoms with E-state index in [1.165, 1.54) is 36.9 Å². The number of hydrogen-bond donors (Lipinski definition) is 0. The lowest BCUT2D eigenvalue weighted by atomic mass is 10.0. The van der Waals surface area contributed by atoms with E-state index in [1.54, 1.807) is 19.9 Å². The van der Waals surface area contributed by atoms with Gasteiger partial charge in [0.2, 0.25) is 0 Å². The second-order valence-electron chi connectivity index (χ2n) is 10.0. The topological polar surface area (TPSA) is 77.2 Å². The van der Waals surface area contributed by atoms with Gasteiger partial charge in [-0.2, -0.15) is 4.36 Å². The molecular weight excluding hydrogens is 568 g/mol. The minimum atomic E-state index is -2.70. The third-order valence-corrected chi connectivity index (χ3v) is 7.71. The minimum Gasteiger partial charge on any atom is -0.277 e. The van der Waals surface area contributed by atoms with E-state index in [2.05, 4.69) is 14.3 Å². The zero-order valence-corrected chi connectivity index (χ0v) is 23.4. The summed E-state index contributed by atoms with van der Waals surface area (Å²) in [6.45, 7) is 3.14. The van der Waals surface area contributed by atoms with Crippen LogP contribution in [0, 0.1) is 37.1 Å². The Kier molecular flexibility index (Phi) is 7.08. The Balaban J connectivity index is 1.61. The lowest BCUT2D eigenvalue weighted by molar-refractivity contribution is 0.557. The van der Waals surface area contributed by atoms with E-state index in [1.807, 2.05) is 0 Å². The SMILES string of the molecule is Cc1cnc(-c2cccc(N=S(C)(C)=O)c2F)c(F)c1-n1c(C)cc([C@H]2C[C@@H]2c2ncc(F)cc2F)c(Cl)c1=O. The lowest BCUT2D eigenvalue weighted by Crippen LogP contribution is -2.24. The van der Waals surface area contributed by atoms with Gasteiger partial charge in [0, 0.05) is 51.7 Å². The maximum absolute atomic E-state index is 16.1. The van der Waals surface area contributed by atoms with Crippen molar-refractivity contribution in [1.29, 1.82) is 0 Å². The zero-order valence-electron chi connectivity index (χ0n) is 21.8. The molecular formula is C28H23ClF4N4O2S. The van der Waals surface area contributed by atoms with Gasteiger partial charge >= 0.3 is 0 Å². The molecule has 5 rings (SSSR count). The molecule has 0 radical (unpaired) electrons. The second kappa shape index (κ2) is 10.1. The van der Waals surface area contributed by atoms with Crippen molar-refractivity contribution in [3.8, 4) is 16.9 Å². The Labute approximate surface area is 232 Å². The van der Waals surface area contributed by atoms with Crippen LogP contribution in [0.25, 0.3) is 16.9 Å². The van der Waals surface area contributed by atoms with E-state index in [4.69, 9.17) is 11.6 Å². The number of nitrogens with zero attached hydrogens (tertiary/aromatic N) is 4. The predicted molar refractivity (Wildman–Crippen MR) is 146 cm³/mol. The van der Waals surface area contributed by atoms with Crippen molar-refractivity contribution in [3.63, 3.8) is 0 Å². The number of aryl methyl sites for hydroxylation is 2. The first-order chi connectivity index (χ1) is 18.8. The molecule has 40 heavy (non-hydrogen) atoms. The molecule has 3 aromatic heterocycles. The lowest BCUT2D eigenvalue weighted by Gasteiger charge is -2.18. The van der Waals surface area contributed by atoms with Crippen molar-refractivity contribution in [1.82, 2.24) is 14.5 Å². The number of benzene rings is 1. The smallest absolute Gasteiger partial charge is 0.274 e. The molecule has 0 aliphatic heterocycles. The molecule has 2 atom stereocenters. The van der Waals surface area contributed by atoms with Crippen molar-refractivity contribution in [2.75, 3.05) is 12.5 Å². The van der Waals surface area contributed by atoms with Gasteiger partial charge < -0.3 is 0 Å². The molecule has 0 spiro atoms. The largest absolute Gasteiger partial charge is 0.277 e. The maximum atomic E-state index is 16.1. The van der Waals surface area contributed by atoms with Gasteiger partial charge in [-0.1, -0.05) is 17.7 Å². The summed E-state index contributed by atoms with van der Waals surface area (Å²) in [7, 11) is -2.70. The van der Waals surface area contributed by atoms with Crippen LogP contribution >= 0.6 is 11.6 Å². The van der Waals surface area contributed by atoms with Crippen LogP contribution in [0.1, 0.15) is 40.8 Å². The number of aromatic nitrogens is 3. The first-order valence-electron chi connectivity index (χ1n) is 12.1. The summed E-state index contributed by atoms with van der Waals surface area (Å²) in [5.74, 6) is -4.15. The van der Waals surface area contributed by atoms with Gasteiger partial charge in [0.15, 0.2) is 11.6 Å². The normalized spacial score (nSPS) is 16.7. The monoisotopic (exact) mass is 590 g/mol. The average Bonchev–Trinajstić information content (AvgIpc) is 3.64. The van der Waals surface area contributed by atoms with Crippen molar-refractivity contribution in [2.45, 2.75) is 32.1 Å². The fourth-order valence-corrected chi connectivity index (χ4v) is 5.75. The highest BCUT2D eigenvalue weighted by molar-refractivity contribution is 7.92. The molecule has 1 aromatic carbocycles. The Morgan fingerprint density at radius 3 is 2.42 bits per heavy atom. The summed E-state index contributed by atoms with van der Waals surface area (Å²) >= 11 is 6.50. The van der Waals surface area contributed by atoms with Crippen LogP contribution in [0.15, 0.2) is 51.9 Å². The Morgan fingerprint density at radius 2 is 1.75 bits per heavy atom. The molecule has 0 N–H and O–H groups in total. The van der Waals surface area contributed by atoms with Crippen LogP contribution in [0.3, 0.4) is 0 Å². The van der Waals surface area contributed by atoms with Gasteiger partial charge in [-0.25, -0.2) is 21.8 Å². The molecule has 0 amide bonds. The summed E-state index contributed by atoms with van der Waals surface area (Å²) in [4.78, 5) is 21.5. The van der Waals surface area contributed by atoms with E-state index in [0.717, 1.165) is 16.8 Å². The summed E-state index contributed by atoms with van der Waals surface area (Å²) in [6.07, 6.45) is 5.39. The summed E-state index contributed by atoms with van der Waals surface area (Å²) in [6, 6.07) is 6.45. The van der Waals surface area contributed by atoms with Crippen LogP contribution < -0.4 is 5.56 Å². The molecule has 0 saturated heterocycles. The van der Waals surface area contributed by atoms with Gasteiger partial charge in [-0.15, -0.1) is 0 Å². The van der Waals surface area contributed by atoms with Gasteiger partial charge in [-0.3, -0.25) is 19.3 Å². The third kappa shape index (κ3) is 5.03. The van der Waals surface area contributed by atoms with Crippen molar-refractivity contribution < 1.29 is 21.8 Å². The third-order valence-electron chi connectivity index (χ3n) is 6.69. The molecule has 1 saturated carbocycles. The Morgan fingerprint density at radius 1 is 1.02 bits per heavy atom. The van der Waals surface area contributed by atoms with Gasteiger partial charge in [0.25, 0.3) is 5.56 Å². The summed E-state index contributed by atoms with van der Waals surface area (Å²) in [5, 5.41) is -0.176. The first kappa shape index (κ1) is 28.0. The standard InChI is InChI=1S/C28H23ClF4N4O2S/c1-13-11-34-26(16-6-5-7-21(23(16)32)36-40(3,4)39)24(33)27(13)37-14(2)8-18(22(29)28(37)38)17-10-19(17)25-20(31)9-15(30)12-35-25/h5-9,11-12,17,19H,10H2,1-4H3/t17-,19+/m1/s1. The Bertz CT molecular complexity index is 1880. The summed E-state index contributed by atoms with van der Waals surface area (Å²) in [5.41, 5.74) is -0.485. The molecule has 1 aliphatic rings. The number of halogens is 5. The van der Waals surface area contributed by atoms with Gasteiger partial charge in [0.05, 0.1) is 17.6 Å². The highest BCUT2D eigenvalue weighted by atomic mass is 35.5. The van der Waals surface area contributed by atoms with Crippen LogP contribution in [0.5, 0.6) is 0 Å². The molecule has 1 fully saturated rings. The summed E-state index contributed by atoms with van der Waals surface area (Å²) < 4.78 is 76.1. The highest BCUT2D eigenvalue weighted by Gasteiger charge is 2.44. The zero-order chi connectivity index (χ0) is 29.1. The van der Waals surface area contributed by atoms with E-state index < -0.39 is 38.6 Å². The van der Waals surface area contributed by atoms with Crippen LogP contribution in [0.2, 0.25) is 5.02 Å². The maximum Gasteiger partial charge on any atom is 0.274 e. The fourth-order valence-electron chi connectivity index (χ4n) is 4.86. The van der Waals surface area contributed by atoms with Crippen LogP contribution in [-0.4, -0.2) is 31.3 Å². The quantitative estimate of drug-likeness (QED) is 0.241. The molecule has 12 heteroatoms. The molecule has 0 unspecified atom stereocenters. The molecule has 1 aliphatic carbocycles. The predicted octanol–water partition coefficient (Wildman–Crippen LogP) is 6.75. The molecule has 0 bridgehead atoms. The number of pyridine rings is 3. The average molecular weight is 591 g/mol. The van der Waals surface area contributed by atoms with Crippen molar-refractivity contribution in [3.05, 3.63) is 104 Å². The molecule has 6 nitrogen and oxygen atoms in total. The van der Waals surface area contributed by atoms with Gasteiger partial charge in [0.1, 0.15) is 28.0 Å². The van der Waals surface area contributed by atoms with E-state index >= 15 is 8.78 Å². The second-order valence-corrected chi connectivity index (χ2v) is 13.0. The minimum absolute atomic E-state index is 0.0860. The molecule has 4 aromatic rings. The highest BCUT2D eigenvalue weighted by Crippen LogP contribution is 2.55. The number of rotatable bonds is 5. The van der Waals surface area contributed by atoms with Crippen molar-refractivity contribution >= 4 is 27.0 Å². The van der Waals surface area contributed by atoms with E-state index in [9.17, 15) is 17.8 Å². The van der Waals surface area contributed by atoms with E-state index in [-0.39, 0.29) is 45.2 Å².